The molecule has 0 saturated carbocycles. The van der Waals surface area contributed by atoms with Crippen molar-refractivity contribution in [1.29, 1.82) is 5.26 Å². The Kier molecular flexibility index (Phi) is 3.65. The summed E-state index contributed by atoms with van der Waals surface area (Å²) in [7, 11) is 2.14. The molecule has 0 N–H and O–H groups in total. The predicted molar refractivity (Wildman–Crippen MR) is 69.9 cm³/mol. The van der Waals surface area contributed by atoms with Crippen LogP contribution < -0.4 is 4.90 Å². The number of likely N-dealkylation sites (N-methyl/N-ethyl adjacent to an activating group) is 1. The molecule has 17 heavy (non-hydrogen) atoms. The Bertz CT molecular complexity index is 396. The molecule has 1 saturated heterocycles. The van der Waals surface area contributed by atoms with Gasteiger partial charge in [-0.2, -0.15) is 5.26 Å². The quantitative estimate of drug-likeness (QED) is 0.778. The van der Waals surface area contributed by atoms with Crippen LogP contribution in [0, 0.1) is 11.3 Å². The molecule has 0 spiro atoms. The van der Waals surface area contributed by atoms with Crippen LogP contribution in [0.2, 0.25) is 0 Å². The van der Waals surface area contributed by atoms with Gasteiger partial charge in [0.25, 0.3) is 0 Å². The molecule has 1 aromatic rings. The first kappa shape index (κ1) is 11.9. The third-order valence-electron chi connectivity index (χ3n) is 3.57. The summed E-state index contributed by atoms with van der Waals surface area (Å²) in [5.41, 5.74) is 1.23. The molecule has 1 heterocycles. The maximum atomic E-state index is 8.94. The molecule has 2 unspecified atom stereocenters. The van der Waals surface area contributed by atoms with Gasteiger partial charge >= 0.3 is 0 Å². The van der Waals surface area contributed by atoms with E-state index >= 15 is 0 Å². The van der Waals surface area contributed by atoms with Crippen molar-refractivity contribution in [3.05, 3.63) is 30.3 Å². The highest BCUT2D eigenvalue weighted by Gasteiger charge is 2.29. The van der Waals surface area contributed by atoms with Gasteiger partial charge in [0, 0.05) is 24.8 Å². The zero-order chi connectivity index (χ0) is 12.3. The lowest BCUT2D eigenvalue weighted by molar-refractivity contribution is 0.201. The van der Waals surface area contributed by atoms with E-state index in [2.05, 4.69) is 54.1 Å². The minimum absolute atomic E-state index is 0.309. The van der Waals surface area contributed by atoms with E-state index < -0.39 is 0 Å². The molecule has 1 fully saturated rings. The number of hydrogen-bond acceptors (Lipinski definition) is 3. The number of nitrogens with zero attached hydrogens (tertiary/aromatic N) is 3. The Labute approximate surface area is 103 Å². The highest BCUT2D eigenvalue weighted by Crippen LogP contribution is 2.23. The van der Waals surface area contributed by atoms with Crippen molar-refractivity contribution in [2.45, 2.75) is 25.4 Å². The third-order valence-corrected chi connectivity index (χ3v) is 3.57. The van der Waals surface area contributed by atoms with E-state index in [0.29, 0.717) is 18.5 Å². The number of para-hydroxylation sites is 1. The first-order chi connectivity index (χ1) is 8.22. The van der Waals surface area contributed by atoms with Gasteiger partial charge in [0.2, 0.25) is 0 Å². The number of rotatable bonds is 2. The minimum atomic E-state index is 0.309. The highest BCUT2D eigenvalue weighted by molar-refractivity contribution is 5.48. The number of piperazine rings is 1. The summed E-state index contributed by atoms with van der Waals surface area (Å²) < 4.78 is 0. The van der Waals surface area contributed by atoms with Gasteiger partial charge in [-0.3, -0.25) is 4.90 Å². The molecule has 2 atom stereocenters. The summed E-state index contributed by atoms with van der Waals surface area (Å²) >= 11 is 0. The molecule has 0 aromatic heterocycles. The van der Waals surface area contributed by atoms with Crippen LogP contribution in [0.5, 0.6) is 0 Å². The largest absolute Gasteiger partial charge is 0.365 e. The minimum Gasteiger partial charge on any atom is -0.365 e. The van der Waals surface area contributed by atoms with Crippen molar-refractivity contribution >= 4 is 5.69 Å². The van der Waals surface area contributed by atoms with E-state index in [1.165, 1.54) is 5.69 Å². The summed E-state index contributed by atoms with van der Waals surface area (Å²) in [6, 6.07) is 13.5. The molecule has 0 aliphatic carbocycles. The van der Waals surface area contributed by atoms with Crippen molar-refractivity contribution in [3.63, 3.8) is 0 Å². The molecule has 3 heteroatoms. The second-order valence-corrected chi connectivity index (χ2v) is 4.79. The summed E-state index contributed by atoms with van der Waals surface area (Å²) in [6.07, 6.45) is 0.589. The zero-order valence-corrected chi connectivity index (χ0v) is 10.5. The summed E-state index contributed by atoms with van der Waals surface area (Å²) in [5, 5.41) is 8.94. The fraction of sp³-hybridized carbons (Fsp3) is 0.500. The first-order valence-corrected chi connectivity index (χ1v) is 6.11. The first-order valence-electron chi connectivity index (χ1n) is 6.11. The average Bonchev–Trinajstić information content (AvgIpc) is 2.35. The zero-order valence-electron chi connectivity index (χ0n) is 10.5. The van der Waals surface area contributed by atoms with Gasteiger partial charge in [0.05, 0.1) is 18.5 Å². The van der Waals surface area contributed by atoms with Gasteiger partial charge in [-0.15, -0.1) is 0 Å². The lowest BCUT2D eigenvalue weighted by atomic mass is 10.0. The fourth-order valence-corrected chi connectivity index (χ4v) is 2.40. The summed E-state index contributed by atoms with van der Waals surface area (Å²) in [5.74, 6) is 0. The van der Waals surface area contributed by atoms with E-state index in [9.17, 15) is 0 Å². The van der Waals surface area contributed by atoms with Crippen LogP contribution in [0.25, 0.3) is 0 Å². The maximum absolute atomic E-state index is 8.94. The van der Waals surface area contributed by atoms with Crippen LogP contribution in [-0.2, 0) is 0 Å². The topological polar surface area (TPSA) is 30.3 Å². The monoisotopic (exact) mass is 229 g/mol. The molecule has 1 aromatic carbocycles. The van der Waals surface area contributed by atoms with Crippen molar-refractivity contribution in [3.8, 4) is 6.07 Å². The van der Waals surface area contributed by atoms with Gasteiger partial charge in [-0.25, -0.2) is 0 Å². The Balaban J connectivity index is 2.21. The highest BCUT2D eigenvalue weighted by atomic mass is 15.3. The van der Waals surface area contributed by atoms with Crippen molar-refractivity contribution in [2.24, 2.45) is 0 Å². The lowest BCUT2D eigenvalue weighted by Gasteiger charge is -2.44. The van der Waals surface area contributed by atoms with Crippen LogP contribution in [0.3, 0.4) is 0 Å². The predicted octanol–water partition coefficient (Wildman–Crippen LogP) is 2.11. The summed E-state index contributed by atoms with van der Waals surface area (Å²) in [6.45, 7) is 4.19. The lowest BCUT2D eigenvalue weighted by Crippen LogP contribution is -2.56. The molecule has 1 aliphatic heterocycles. The number of benzene rings is 1. The Hall–Kier alpha value is -1.53. The van der Waals surface area contributed by atoms with E-state index in [4.69, 9.17) is 5.26 Å². The van der Waals surface area contributed by atoms with E-state index in [-0.39, 0.29) is 0 Å². The van der Waals surface area contributed by atoms with E-state index in [1.807, 2.05) is 6.07 Å². The van der Waals surface area contributed by atoms with Gasteiger partial charge in [0.15, 0.2) is 0 Å². The standard InChI is InChI=1S/C14H19N3/c1-12-10-17(13-6-4-3-5-7-13)14(8-9-15)11-16(12)2/h3-7,12,14H,8,10-11H2,1-2H3. The van der Waals surface area contributed by atoms with Crippen LogP contribution >= 0.6 is 0 Å². The normalized spacial score (nSPS) is 25.6. The van der Waals surface area contributed by atoms with Crippen molar-refractivity contribution in [1.82, 2.24) is 4.90 Å². The van der Waals surface area contributed by atoms with E-state index in [0.717, 1.165) is 13.1 Å². The number of anilines is 1. The van der Waals surface area contributed by atoms with Gasteiger partial charge in [0.1, 0.15) is 0 Å². The Morgan fingerprint density at radius 2 is 2.00 bits per heavy atom. The van der Waals surface area contributed by atoms with Gasteiger partial charge in [-0.1, -0.05) is 18.2 Å². The summed E-state index contributed by atoms with van der Waals surface area (Å²) in [4.78, 5) is 4.70. The second kappa shape index (κ2) is 5.20. The molecule has 3 nitrogen and oxygen atoms in total. The third kappa shape index (κ3) is 2.59. The van der Waals surface area contributed by atoms with Crippen LogP contribution in [0.15, 0.2) is 30.3 Å². The molecular weight excluding hydrogens is 210 g/mol. The molecule has 0 radical (unpaired) electrons. The van der Waals surface area contributed by atoms with Gasteiger partial charge < -0.3 is 4.90 Å². The van der Waals surface area contributed by atoms with Crippen molar-refractivity contribution < 1.29 is 0 Å². The molecule has 0 amide bonds. The second-order valence-electron chi connectivity index (χ2n) is 4.79. The average molecular weight is 229 g/mol. The fourth-order valence-electron chi connectivity index (χ4n) is 2.40. The van der Waals surface area contributed by atoms with Gasteiger partial charge in [-0.05, 0) is 26.1 Å². The van der Waals surface area contributed by atoms with Crippen LogP contribution in [0.4, 0.5) is 5.69 Å². The van der Waals surface area contributed by atoms with Crippen LogP contribution in [0.1, 0.15) is 13.3 Å². The SMILES string of the molecule is CC1CN(c2ccccc2)C(CC#N)CN1C. The molecule has 1 aliphatic rings. The van der Waals surface area contributed by atoms with Crippen LogP contribution in [-0.4, -0.2) is 37.1 Å². The molecule has 0 bridgehead atoms. The Morgan fingerprint density at radius 1 is 1.29 bits per heavy atom. The molecular formula is C14H19N3. The smallest absolute Gasteiger partial charge is 0.0643 e. The van der Waals surface area contributed by atoms with E-state index in [1.54, 1.807) is 0 Å². The molecule has 90 valence electrons. The number of hydrogen-bond donors (Lipinski definition) is 0. The Morgan fingerprint density at radius 3 is 2.65 bits per heavy atom. The number of nitriles is 1. The van der Waals surface area contributed by atoms with Crippen molar-refractivity contribution in [2.75, 3.05) is 25.0 Å². The molecule has 2 rings (SSSR count). The maximum Gasteiger partial charge on any atom is 0.0643 e.